The van der Waals surface area contributed by atoms with E-state index in [1.54, 1.807) is 0 Å². The minimum Gasteiger partial charge on any atom is -0.361 e. The lowest BCUT2D eigenvalue weighted by Gasteiger charge is -2.28. The molecule has 0 atom stereocenters. The Bertz CT molecular complexity index is 1190. The number of alkyl halides is 1. The van der Waals surface area contributed by atoms with Gasteiger partial charge in [-0.3, -0.25) is 0 Å². The fraction of sp³-hybridized carbons (Fsp3) is 0.0833. The van der Waals surface area contributed by atoms with E-state index in [4.69, 9.17) is 11.6 Å². The average Bonchev–Trinajstić information content (AvgIpc) is 3.32. The van der Waals surface area contributed by atoms with Crippen molar-refractivity contribution in [1.82, 2.24) is 9.97 Å². The van der Waals surface area contributed by atoms with Crippen LogP contribution < -0.4 is 0 Å². The Labute approximate surface area is 162 Å². The van der Waals surface area contributed by atoms with Crippen molar-refractivity contribution >= 4 is 33.4 Å². The number of H-pyrrole nitrogens is 2. The van der Waals surface area contributed by atoms with Crippen LogP contribution >= 0.6 is 11.6 Å². The summed E-state index contributed by atoms with van der Waals surface area (Å²) < 4.78 is 0. The van der Waals surface area contributed by atoms with Crippen LogP contribution in [0.5, 0.6) is 0 Å². The highest BCUT2D eigenvalue weighted by Crippen LogP contribution is 2.48. The first kappa shape index (κ1) is 16.2. The van der Waals surface area contributed by atoms with E-state index in [2.05, 4.69) is 77.6 Å². The third kappa shape index (κ3) is 2.41. The van der Waals surface area contributed by atoms with Crippen molar-refractivity contribution in [2.45, 2.75) is 11.8 Å². The third-order valence-corrected chi connectivity index (χ3v) is 5.96. The molecular weight excluding hydrogens is 352 g/mol. The van der Waals surface area contributed by atoms with E-state index >= 15 is 0 Å². The Kier molecular flexibility index (Phi) is 3.63. The van der Waals surface area contributed by atoms with Gasteiger partial charge in [0, 0.05) is 45.3 Å². The molecule has 0 aliphatic heterocycles. The number of benzene rings is 3. The van der Waals surface area contributed by atoms with Gasteiger partial charge < -0.3 is 9.97 Å². The Morgan fingerprint density at radius 3 is 1.81 bits per heavy atom. The van der Waals surface area contributed by atoms with Gasteiger partial charge in [-0.1, -0.05) is 66.2 Å². The van der Waals surface area contributed by atoms with Gasteiger partial charge in [-0.2, -0.15) is 0 Å². The lowest BCUT2D eigenvalue weighted by Crippen LogP contribution is -2.22. The summed E-state index contributed by atoms with van der Waals surface area (Å²) in [4.78, 5) is 5.99. The largest absolute Gasteiger partial charge is 0.361 e. The number of rotatable bonds is 3. The van der Waals surface area contributed by atoms with Crippen molar-refractivity contribution < 1.29 is 0 Å². The summed E-state index contributed by atoms with van der Waals surface area (Å²) in [5.41, 5.74) is 6.57. The maximum absolute atomic E-state index is 7.59. The molecule has 0 aliphatic rings. The average molecular weight is 371 g/mol. The summed E-state index contributed by atoms with van der Waals surface area (Å²) >= 11 is 7.59. The molecule has 0 saturated heterocycles. The predicted octanol–water partition coefficient (Wildman–Crippen LogP) is 6.49. The molecule has 0 spiro atoms. The fourth-order valence-corrected chi connectivity index (χ4v) is 4.46. The van der Waals surface area contributed by atoms with Crippen molar-refractivity contribution in [3.05, 3.63) is 107 Å². The third-order valence-electron chi connectivity index (χ3n) is 5.34. The molecule has 2 heterocycles. The molecule has 132 valence electrons. The zero-order chi connectivity index (χ0) is 18.4. The van der Waals surface area contributed by atoms with Gasteiger partial charge in [0.15, 0.2) is 0 Å². The quantitative estimate of drug-likeness (QED) is 0.340. The highest BCUT2D eigenvalue weighted by atomic mass is 35.5. The molecule has 2 N–H and O–H groups in total. The van der Waals surface area contributed by atoms with E-state index in [0.717, 1.165) is 38.5 Å². The number of nitrogens with one attached hydrogen (secondary N) is 2. The zero-order valence-electron chi connectivity index (χ0n) is 15.0. The molecule has 2 aromatic heterocycles. The SMILES string of the molecule is Cc1cccc(C(Cl)(c2c[nH]c3ccccc23)c2c[nH]c3ccccc23)c1. The Hall–Kier alpha value is -2.97. The van der Waals surface area contributed by atoms with Crippen LogP contribution in [-0.2, 0) is 4.87 Å². The molecule has 5 aromatic rings. The topological polar surface area (TPSA) is 31.6 Å². The number of para-hydroxylation sites is 2. The summed E-state index contributed by atoms with van der Waals surface area (Å²) in [6.07, 6.45) is 4.09. The zero-order valence-corrected chi connectivity index (χ0v) is 15.7. The van der Waals surface area contributed by atoms with Gasteiger partial charge in [-0.15, -0.1) is 11.6 Å². The number of halogens is 1. The molecule has 0 radical (unpaired) electrons. The number of fused-ring (bicyclic) bond motifs is 2. The molecule has 0 bridgehead atoms. The predicted molar refractivity (Wildman–Crippen MR) is 114 cm³/mol. The fourth-order valence-electron chi connectivity index (χ4n) is 4.03. The summed E-state index contributed by atoms with van der Waals surface area (Å²) in [6, 6.07) is 25.1. The smallest absolute Gasteiger partial charge is 0.123 e. The molecule has 0 amide bonds. The van der Waals surface area contributed by atoms with E-state index < -0.39 is 4.87 Å². The summed E-state index contributed by atoms with van der Waals surface area (Å²) in [5, 5.41) is 2.28. The van der Waals surface area contributed by atoms with Gasteiger partial charge in [0.2, 0.25) is 0 Å². The lowest BCUT2D eigenvalue weighted by molar-refractivity contribution is 0.896. The van der Waals surface area contributed by atoms with Crippen LogP contribution in [-0.4, -0.2) is 9.97 Å². The normalized spacial score (nSPS) is 12.1. The number of aromatic nitrogens is 2. The Balaban J connectivity index is 1.88. The first-order valence-electron chi connectivity index (χ1n) is 9.07. The van der Waals surface area contributed by atoms with Crippen molar-refractivity contribution in [1.29, 1.82) is 0 Å². The highest BCUT2D eigenvalue weighted by Gasteiger charge is 2.38. The molecule has 0 unspecified atom stereocenters. The molecule has 5 rings (SSSR count). The maximum atomic E-state index is 7.59. The second kappa shape index (κ2) is 6.04. The second-order valence-electron chi connectivity index (χ2n) is 7.02. The molecule has 0 fully saturated rings. The minimum atomic E-state index is -0.800. The van der Waals surface area contributed by atoms with E-state index in [1.807, 2.05) is 24.5 Å². The first-order valence-corrected chi connectivity index (χ1v) is 9.45. The van der Waals surface area contributed by atoms with Gasteiger partial charge in [0.25, 0.3) is 0 Å². The molecule has 0 saturated carbocycles. The van der Waals surface area contributed by atoms with Crippen LogP contribution in [0.25, 0.3) is 21.8 Å². The van der Waals surface area contributed by atoms with Gasteiger partial charge in [-0.05, 0) is 24.6 Å². The molecular formula is C24H19ClN2. The van der Waals surface area contributed by atoms with Gasteiger partial charge >= 0.3 is 0 Å². The van der Waals surface area contributed by atoms with E-state index in [9.17, 15) is 0 Å². The van der Waals surface area contributed by atoms with Gasteiger partial charge in [-0.25, -0.2) is 0 Å². The Morgan fingerprint density at radius 1 is 0.704 bits per heavy atom. The van der Waals surface area contributed by atoms with Crippen molar-refractivity contribution in [3.8, 4) is 0 Å². The van der Waals surface area contributed by atoms with Crippen LogP contribution in [0.15, 0.2) is 85.2 Å². The molecule has 3 aromatic carbocycles. The van der Waals surface area contributed by atoms with E-state index in [1.165, 1.54) is 5.56 Å². The number of hydrogen-bond donors (Lipinski definition) is 2. The monoisotopic (exact) mass is 370 g/mol. The molecule has 2 nitrogen and oxygen atoms in total. The lowest BCUT2D eigenvalue weighted by atomic mass is 9.83. The highest BCUT2D eigenvalue weighted by molar-refractivity contribution is 6.30. The van der Waals surface area contributed by atoms with Crippen molar-refractivity contribution in [3.63, 3.8) is 0 Å². The standard InChI is InChI=1S/C24H19ClN2/c1-16-7-6-8-17(13-16)24(25,20-14-26-22-11-4-2-9-18(20)22)21-15-27-23-12-5-3-10-19(21)23/h2-15,26-27H,1H3. The van der Waals surface area contributed by atoms with Crippen LogP contribution in [0.4, 0.5) is 0 Å². The van der Waals surface area contributed by atoms with Crippen LogP contribution in [0.2, 0.25) is 0 Å². The first-order chi connectivity index (χ1) is 13.2. The number of hydrogen-bond acceptors (Lipinski definition) is 0. The van der Waals surface area contributed by atoms with Crippen molar-refractivity contribution in [2.75, 3.05) is 0 Å². The van der Waals surface area contributed by atoms with E-state index in [0.29, 0.717) is 0 Å². The summed E-state index contributed by atoms with van der Waals surface area (Å²) in [6.45, 7) is 2.10. The van der Waals surface area contributed by atoms with Gasteiger partial charge in [0.05, 0.1) is 0 Å². The van der Waals surface area contributed by atoms with Crippen molar-refractivity contribution in [2.24, 2.45) is 0 Å². The van der Waals surface area contributed by atoms with Gasteiger partial charge in [0.1, 0.15) is 4.87 Å². The summed E-state index contributed by atoms with van der Waals surface area (Å²) in [5.74, 6) is 0. The van der Waals surface area contributed by atoms with Crippen LogP contribution in [0.3, 0.4) is 0 Å². The van der Waals surface area contributed by atoms with Crippen LogP contribution in [0.1, 0.15) is 22.3 Å². The second-order valence-corrected chi connectivity index (χ2v) is 7.59. The minimum absolute atomic E-state index is 0.800. The number of aromatic amines is 2. The molecule has 27 heavy (non-hydrogen) atoms. The Morgan fingerprint density at radius 2 is 1.26 bits per heavy atom. The van der Waals surface area contributed by atoms with Crippen LogP contribution in [0, 0.1) is 6.92 Å². The van der Waals surface area contributed by atoms with E-state index in [-0.39, 0.29) is 0 Å². The molecule has 0 aliphatic carbocycles. The maximum Gasteiger partial charge on any atom is 0.123 e. The number of aryl methyl sites for hydroxylation is 1. The summed E-state index contributed by atoms with van der Waals surface area (Å²) in [7, 11) is 0. The molecule has 3 heteroatoms.